The van der Waals surface area contributed by atoms with E-state index in [1.807, 2.05) is 78.9 Å². The summed E-state index contributed by atoms with van der Waals surface area (Å²) in [6, 6.07) is 18.0. The summed E-state index contributed by atoms with van der Waals surface area (Å²) in [5.74, 6) is -4.28. The zero-order valence-corrected chi connectivity index (χ0v) is 37.7. The molecule has 3 aliphatic rings. The molecule has 7 rings (SSSR count). The molecule has 11 N–H and O–H groups in total. The highest BCUT2D eigenvalue weighted by atomic mass is 16.2. The molecule has 18 nitrogen and oxygen atoms in total. The van der Waals surface area contributed by atoms with Crippen molar-refractivity contribution in [2.45, 2.75) is 107 Å². The van der Waals surface area contributed by atoms with Crippen LogP contribution in [0.15, 0.2) is 90.1 Å². The average Bonchev–Trinajstić information content (AvgIpc) is 4.08. The molecule has 0 unspecified atom stereocenters. The number of amides is 7. The zero-order valence-electron chi connectivity index (χ0n) is 37.7. The number of hydrogen-bond donors (Lipinski definition) is 9. The summed E-state index contributed by atoms with van der Waals surface area (Å²) in [5.41, 5.74) is 15.6. The molecule has 6 atom stereocenters. The maximum absolute atomic E-state index is 14.9. The van der Waals surface area contributed by atoms with E-state index in [4.69, 9.17) is 11.5 Å². The van der Waals surface area contributed by atoms with Crippen LogP contribution in [0.5, 0.6) is 0 Å². The quantitative estimate of drug-likeness (QED) is 0.0551. The van der Waals surface area contributed by atoms with Gasteiger partial charge in [-0.15, -0.1) is 0 Å². The van der Waals surface area contributed by atoms with Crippen LogP contribution in [0.3, 0.4) is 0 Å². The van der Waals surface area contributed by atoms with Crippen LogP contribution >= 0.6 is 0 Å². The Morgan fingerprint density at radius 2 is 1.51 bits per heavy atom. The second kappa shape index (κ2) is 22.3. The van der Waals surface area contributed by atoms with Gasteiger partial charge in [-0.1, -0.05) is 72.8 Å². The summed E-state index contributed by atoms with van der Waals surface area (Å²) < 4.78 is 0. The van der Waals surface area contributed by atoms with Gasteiger partial charge in [0.05, 0.1) is 0 Å². The number of carbonyl (C=O) groups excluding carboxylic acids is 7. The van der Waals surface area contributed by atoms with Crippen LogP contribution in [0, 0.1) is 5.92 Å². The summed E-state index contributed by atoms with van der Waals surface area (Å²) in [5, 5.41) is 18.2. The number of nitrogens with one attached hydrogen (secondary N) is 7. The summed E-state index contributed by atoms with van der Waals surface area (Å²) >= 11 is 0. The van der Waals surface area contributed by atoms with Gasteiger partial charge in [0, 0.05) is 56.5 Å². The Kier molecular flexibility index (Phi) is 15.9. The zero-order chi connectivity index (χ0) is 47.5. The fourth-order valence-corrected chi connectivity index (χ4v) is 9.49. The largest absolute Gasteiger partial charge is 0.370 e. The normalized spacial score (nSPS) is 22.5. The lowest BCUT2D eigenvalue weighted by atomic mass is 9.94. The van der Waals surface area contributed by atoms with Gasteiger partial charge in [-0.3, -0.25) is 38.6 Å². The van der Waals surface area contributed by atoms with Crippen molar-refractivity contribution >= 4 is 58.2 Å². The molecule has 4 aromatic rings. The number of para-hydroxylation sites is 1. The SMILES string of the molecule is CC(=O)N[C@@H](Cc1ccccc1)C(=O)N[C@H]1CCCNC(=O)[C@H](CCCN=C(N)N)NC(=O)[C@H](Cc2c[nH]c3ccccc23)NC(=O)[C@H](C2Cc3ccccc3C2)NC(=O)[C@@H]2CCCN2C1=O. The topological polar surface area (TPSA) is 275 Å². The molecule has 354 valence electrons. The van der Waals surface area contributed by atoms with Gasteiger partial charge in [0.25, 0.3) is 0 Å². The number of benzene rings is 3. The molecular formula is C49H61N11O7. The third kappa shape index (κ3) is 12.4. The van der Waals surface area contributed by atoms with Crippen LogP contribution in [0.25, 0.3) is 10.9 Å². The molecule has 0 spiro atoms. The lowest BCUT2D eigenvalue weighted by Gasteiger charge is -2.32. The number of aromatic amines is 1. The van der Waals surface area contributed by atoms with Crippen molar-refractivity contribution in [1.82, 2.24) is 41.8 Å². The van der Waals surface area contributed by atoms with Crippen LogP contribution < -0.4 is 43.4 Å². The molecule has 0 saturated carbocycles. The Hall–Kier alpha value is -7.24. The van der Waals surface area contributed by atoms with Gasteiger partial charge in [-0.05, 0) is 85.6 Å². The van der Waals surface area contributed by atoms with Crippen LogP contribution in [-0.2, 0) is 59.2 Å². The minimum atomic E-state index is -1.18. The van der Waals surface area contributed by atoms with Gasteiger partial charge in [0.2, 0.25) is 41.4 Å². The lowest BCUT2D eigenvalue weighted by molar-refractivity contribution is -0.143. The predicted octanol–water partition coefficient (Wildman–Crippen LogP) is 0.767. The van der Waals surface area contributed by atoms with E-state index in [0.717, 1.165) is 33.2 Å². The molecule has 1 aliphatic carbocycles. The van der Waals surface area contributed by atoms with E-state index in [1.165, 1.54) is 11.8 Å². The summed E-state index contributed by atoms with van der Waals surface area (Å²) in [6.07, 6.45) is 4.50. The molecule has 7 amide bonds. The third-order valence-corrected chi connectivity index (χ3v) is 12.8. The second-order valence-electron chi connectivity index (χ2n) is 17.7. The Balaban J connectivity index is 1.21. The number of guanidine groups is 1. The molecule has 67 heavy (non-hydrogen) atoms. The molecule has 18 heteroatoms. The Morgan fingerprint density at radius 1 is 0.806 bits per heavy atom. The van der Waals surface area contributed by atoms with Crippen molar-refractivity contribution in [2.24, 2.45) is 22.4 Å². The van der Waals surface area contributed by atoms with Crippen molar-refractivity contribution in [1.29, 1.82) is 0 Å². The van der Waals surface area contributed by atoms with Crippen LogP contribution in [0.1, 0.15) is 67.7 Å². The first kappa shape index (κ1) is 47.7. The average molecular weight is 916 g/mol. The number of H-pyrrole nitrogens is 1. The summed E-state index contributed by atoms with van der Waals surface area (Å²) in [7, 11) is 0. The van der Waals surface area contributed by atoms with Crippen molar-refractivity contribution in [3.8, 4) is 0 Å². The van der Waals surface area contributed by atoms with E-state index in [0.29, 0.717) is 32.1 Å². The molecule has 2 saturated heterocycles. The Morgan fingerprint density at radius 3 is 2.24 bits per heavy atom. The van der Waals surface area contributed by atoms with E-state index in [-0.39, 0.29) is 57.7 Å². The minimum absolute atomic E-state index is 0.0572. The van der Waals surface area contributed by atoms with E-state index in [9.17, 15) is 33.6 Å². The molecule has 3 heterocycles. The first-order valence-corrected chi connectivity index (χ1v) is 23.1. The molecule has 3 aromatic carbocycles. The molecule has 2 fully saturated rings. The first-order valence-electron chi connectivity index (χ1n) is 23.1. The van der Waals surface area contributed by atoms with Crippen molar-refractivity contribution in [3.05, 3.63) is 107 Å². The molecule has 0 bridgehead atoms. The van der Waals surface area contributed by atoms with Crippen LogP contribution in [0.4, 0.5) is 0 Å². The number of carbonyl (C=O) groups is 7. The fraction of sp³-hybridized carbons (Fsp3) is 0.429. The maximum Gasteiger partial charge on any atom is 0.245 e. The van der Waals surface area contributed by atoms with Crippen molar-refractivity contribution < 1.29 is 33.6 Å². The van der Waals surface area contributed by atoms with Gasteiger partial charge in [0.1, 0.15) is 36.3 Å². The monoisotopic (exact) mass is 915 g/mol. The molecule has 1 aromatic heterocycles. The molecule has 2 aliphatic heterocycles. The summed E-state index contributed by atoms with van der Waals surface area (Å²) in [6.45, 7) is 1.77. The van der Waals surface area contributed by atoms with E-state index < -0.39 is 83.5 Å². The molecular weight excluding hydrogens is 855 g/mol. The van der Waals surface area contributed by atoms with Crippen LogP contribution in [0.2, 0.25) is 0 Å². The highest BCUT2D eigenvalue weighted by Gasteiger charge is 2.42. The highest BCUT2D eigenvalue weighted by Crippen LogP contribution is 2.30. The number of aliphatic imine (C=N–C) groups is 1. The highest BCUT2D eigenvalue weighted by molar-refractivity contribution is 5.98. The number of fused-ring (bicyclic) bond motifs is 3. The Labute approximate surface area is 389 Å². The summed E-state index contributed by atoms with van der Waals surface area (Å²) in [4.78, 5) is 108. The van der Waals surface area contributed by atoms with Gasteiger partial charge < -0.3 is 53.3 Å². The van der Waals surface area contributed by atoms with Gasteiger partial charge in [0.15, 0.2) is 5.96 Å². The number of rotatable bonds is 12. The number of nitrogens with zero attached hydrogens (tertiary/aromatic N) is 2. The van der Waals surface area contributed by atoms with E-state index in [1.54, 1.807) is 6.20 Å². The number of aromatic nitrogens is 1. The van der Waals surface area contributed by atoms with Crippen molar-refractivity contribution in [2.75, 3.05) is 19.6 Å². The standard InChI is InChI=1S/C49H61N11O7/c1-29(61)55-39(24-30-12-3-2-4-13-30)44(63)57-38-19-10-21-52-43(62)37(18-9-22-53-49(50)51)56-45(64)40(27-34-28-54-36-17-8-7-16-35(34)36)58-47(66)42(33-25-31-14-5-6-15-32(31)26-33)59-46(65)41-20-11-23-60(41)48(38)67/h2-8,12-17,28,33,37-42,54H,9-11,18-27H2,1H3,(H,52,62)(H,55,61)(H,56,64)(H,57,63)(H,58,66)(H,59,65)(H4,50,51,53)/t37-,38-,39-,40-,41-,42-/m0/s1. The second-order valence-corrected chi connectivity index (χ2v) is 17.7. The van der Waals surface area contributed by atoms with Gasteiger partial charge in [-0.25, -0.2) is 0 Å². The first-order chi connectivity index (χ1) is 32.3. The minimum Gasteiger partial charge on any atom is -0.370 e. The maximum atomic E-state index is 14.9. The van der Waals surface area contributed by atoms with Gasteiger partial charge in [-0.2, -0.15) is 0 Å². The third-order valence-electron chi connectivity index (χ3n) is 12.8. The van der Waals surface area contributed by atoms with Crippen LogP contribution in [-0.4, -0.2) is 113 Å². The lowest BCUT2D eigenvalue weighted by Crippen LogP contribution is -2.61. The number of hydrogen-bond acceptors (Lipinski definition) is 8. The smallest absolute Gasteiger partial charge is 0.245 e. The van der Waals surface area contributed by atoms with E-state index >= 15 is 0 Å². The predicted molar refractivity (Wildman–Crippen MR) is 252 cm³/mol. The van der Waals surface area contributed by atoms with Crippen molar-refractivity contribution in [3.63, 3.8) is 0 Å². The van der Waals surface area contributed by atoms with E-state index in [2.05, 4.69) is 41.9 Å². The number of nitrogens with two attached hydrogens (primary N) is 2. The Bertz CT molecular complexity index is 2450. The fourth-order valence-electron chi connectivity index (χ4n) is 9.49. The van der Waals surface area contributed by atoms with Gasteiger partial charge >= 0.3 is 0 Å². The molecule has 0 radical (unpaired) electrons.